The molecule has 5 heteroatoms. The summed E-state index contributed by atoms with van der Waals surface area (Å²) < 4.78 is 1.99. The molecule has 0 aliphatic rings. The van der Waals surface area contributed by atoms with E-state index in [0.29, 0.717) is 0 Å². The number of pyridine rings is 2. The van der Waals surface area contributed by atoms with Gasteiger partial charge in [-0.2, -0.15) is 5.10 Å². The first-order chi connectivity index (χ1) is 16.3. The highest BCUT2D eigenvalue weighted by Gasteiger charge is 2.22. The minimum atomic E-state index is 0.0482. The molecule has 0 aliphatic carbocycles. The minimum Gasteiger partial charge on any atom is -0.332 e. The number of benzene rings is 2. The maximum Gasteiger partial charge on any atom is 0.0659 e. The molecule has 33 heavy (non-hydrogen) atoms. The van der Waals surface area contributed by atoms with E-state index in [1.807, 2.05) is 41.5 Å². The fourth-order valence-electron chi connectivity index (χ4n) is 4.21. The van der Waals surface area contributed by atoms with Crippen LogP contribution in [-0.4, -0.2) is 19.7 Å². The lowest BCUT2D eigenvalue weighted by atomic mass is 9.96. The van der Waals surface area contributed by atoms with Crippen LogP contribution in [0.2, 0.25) is 0 Å². The average molecular weight is 432 g/mol. The van der Waals surface area contributed by atoms with Crippen molar-refractivity contribution in [2.75, 3.05) is 4.90 Å². The van der Waals surface area contributed by atoms with Gasteiger partial charge in [0, 0.05) is 24.2 Å². The molecular formula is C28H25N5. The summed E-state index contributed by atoms with van der Waals surface area (Å²) in [5.74, 6) is 0. The Hall–Kier alpha value is -4.25. The molecule has 1 atom stereocenters. The molecule has 0 radical (unpaired) electrons. The van der Waals surface area contributed by atoms with Crippen LogP contribution in [0.4, 0.5) is 11.4 Å². The van der Waals surface area contributed by atoms with Crippen LogP contribution in [0, 0.1) is 0 Å². The van der Waals surface area contributed by atoms with Gasteiger partial charge in [-0.05, 0) is 47.9 Å². The fourth-order valence-corrected chi connectivity index (χ4v) is 4.21. The summed E-state index contributed by atoms with van der Waals surface area (Å²) in [6.45, 7) is 2.96. The highest BCUT2D eigenvalue weighted by molar-refractivity contribution is 5.70. The molecule has 0 saturated carbocycles. The quantitative estimate of drug-likeness (QED) is 0.304. The van der Waals surface area contributed by atoms with Gasteiger partial charge < -0.3 is 4.90 Å². The van der Waals surface area contributed by atoms with Gasteiger partial charge in [0.1, 0.15) is 0 Å². The van der Waals surface area contributed by atoms with Gasteiger partial charge in [-0.25, -0.2) is 0 Å². The summed E-state index contributed by atoms with van der Waals surface area (Å²) in [4.78, 5) is 11.0. The van der Waals surface area contributed by atoms with Crippen molar-refractivity contribution in [3.05, 3.63) is 127 Å². The molecule has 1 unspecified atom stereocenters. The third-order valence-corrected chi connectivity index (χ3v) is 5.78. The molecule has 0 spiro atoms. The number of hydrogen-bond acceptors (Lipinski definition) is 4. The molecule has 5 rings (SSSR count). The number of hydrogen-bond donors (Lipinski definition) is 0. The first kappa shape index (κ1) is 20.6. The van der Waals surface area contributed by atoms with Crippen molar-refractivity contribution in [3.63, 3.8) is 0 Å². The lowest BCUT2D eigenvalue weighted by molar-refractivity contribution is 0.687. The second kappa shape index (κ2) is 9.49. The van der Waals surface area contributed by atoms with Crippen molar-refractivity contribution in [1.82, 2.24) is 19.7 Å². The predicted octanol–water partition coefficient (Wildman–Crippen LogP) is 6.29. The second-order valence-corrected chi connectivity index (χ2v) is 7.97. The highest BCUT2D eigenvalue weighted by Crippen LogP contribution is 2.38. The SMILES string of the molecule is CC(c1ccccc1-c1cnn(Cc2ccccc2)c1)N(c1cccnc1)c1cccnc1. The Kier molecular flexibility index (Phi) is 5.93. The van der Waals surface area contributed by atoms with E-state index in [4.69, 9.17) is 0 Å². The summed E-state index contributed by atoms with van der Waals surface area (Å²) in [6, 6.07) is 27.1. The Morgan fingerprint density at radius 2 is 1.42 bits per heavy atom. The molecule has 0 N–H and O–H groups in total. The summed E-state index contributed by atoms with van der Waals surface area (Å²) in [5, 5.41) is 4.63. The van der Waals surface area contributed by atoms with Crippen molar-refractivity contribution in [2.45, 2.75) is 19.5 Å². The Morgan fingerprint density at radius 1 is 0.758 bits per heavy atom. The summed E-state index contributed by atoms with van der Waals surface area (Å²) >= 11 is 0. The normalized spacial score (nSPS) is 11.8. The lowest BCUT2D eigenvalue weighted by Crippen LogP contribution is -2.22. The zero-order valence-corrected chi connectivity index (χ0v) is 18.5. The van der Waals surface area contributed by atoms with Gasteiger partial charge in [-0.15, -0.1) is 0 Å². The maximum absolute atomic E-state index is 4.63. The van der Waals surface area contributed by atoms with Crippen molar-refractivity contribution in [3.8, 4) is 11.1 Å². The Labute approximate surface area is 194 Å². The van der Waals surface area contributed by atoms with Crippen molar-refractivity contribution < 1.29 is 0 Å². The van der Waals surface area contributed by atoms with E-state index in [1.54, 1.807) is 12.4 Å². The molecule has 0 bridgehead atoms. The Morgan fingerprint density at radius 3 is 2.09 bits per heavy atom. The predicted molar refractivity (Wildman–Crippen MR) is 132 cm³/mol. The molecule has 0 amide bonds. The van der Waals surface area contributed by atoms with Crippen LogP contribution < -0.4 is 4.90 Å². The first-order valence-corrected chi connectivity index (χ1v) is 11.0. The van der Waals surface area contributed by atoms with Crippen LogP contribution in [0.3, 0.4) is 0 Å². The van der Waals surface area contributed by atoms with E-state index in [0.717, 1.165) is 23.5 Å². The van der Waals surface area contributed by atoms with E-state index in [2.05, 4.69) is 93.8 Å². The van der Waals surface area contributed by atoms with Crippen LogP contribution >= 0.6 is 0 Å². The lowest BCUT2D eigenvalue weighted by Gasteiger charge is -2.32. The van der Waals surface area contributed by atoms with Crippen LogP contribution in [0.15, 0.2) is 116 Å². The van der Waals surface area contributed by atoms with Crippen molar-refractivity contribution in [2.24, 2.45) is 0 Å². The van der Waals surface area contributed by atoms with Gasteiger partial charge in [-0.3, -0.25) is 14.6 Å². The smallest absolute Gasteiger partial charge is 0.0659 e. The van der Waals surface area contributed by atoms with E-state index >= 15 is 0 Å². The van der Waals surface area contributed by atoms with Gasteiger partial charge >= 0.3 is 0 Å². The zero-order chi connectivity index (χ0) is 22.5. The number of rotatable bonds is 7. The van der Waals surface area contributed by atoms with E-state index in [-0.39, 0.29) is 6.04 Å². The van der Waals surface area contributed by atoms with E-state index in [1.165, 1.54) is 16.7 Å². The molecule has 2 aromatic carbocycles. The van der Waals surface area contributed by atoms with Crippen LogP contribution in [0.1, 0.15) is 24.1 Å². The van der Waals surface area contributed by atoms with Crippen molar-refractivity contribution >= 4 is 11.4 Å². The molecule has 3 heterocycles. The summed E-state index contributed by atoms with van der Waals surface area (Å²) in [7, 11) is 0. The van der Waals surface area contributed by atoms with E-state index in [9.17, 15) is 0 Å². The Balaban J connectivity index is 1.51. The maximum atomic E-state index is 4.63. The largest absolute Gasteiger partial charge is 0.332 e. The standard InChI is InChI=1S/C28H25N5/c1-22(33(25-11-7-15-29-18-25)26-12-8-16-30-19-26)27-13-5-6-14-28(27)24-17-31-32(21-24)20-23-9-3-2-4-10-23/h2-19,21-22H,20H2,1H3. The minimum absolute atomic E-state index is 0.0482. The molecule has 3 aromatic heterocycles. The molecule has 5 nitrogen and oxygen atoms in total. The zero-order valence-electron chi connectivity index (χ0n) is 18.5. The summed E-state index contributed by atoms with van der Waals surface area (Å²) in [5.41, 5.74) is 6.76. The molecule has 162 valence electrons. The van der Waals surface area contributed by atoms with Gasteiger partial charge in [-0.1, -0.05) is 54.6 Å². The third kappa shape index (κ3) is 4.53. The van der Waals surface area contributed by atoms with E-state index < -0.39 is 0 Å². The van der Waals surface area contributed by atoms with Gasteiger partial charge in [0.15, 0.2) is 0 Å². The Bertz CT molecular complexity index is 1260. The topological polar surface area (TPSA) is 46.8 Å². The third-order valence-electron chi connectivity index (χ3n) is 5.78. The van der Waals surface area contributed by atoms with Crippen molar-refractivity contribution in [1.29, 1.82) is 0 Å². The highest BCUT2D eigenvalue weighted by atomic mass is 15.3. The van der Waals surface area contributed by atoms with Gasteiger partial charge in [0.05, 0.1) is 42.6 Å². The summed E-state index contributed by atoms with van der Waals surface area (Å²) in [6.07, 6.45) is 11.5. The molecule has 0 aliphatic heterocycles. The number of nitrogens with zero attached hydrogens (tertiary/aromatic N) is 5. The first-order valence-electron chi connectivity index (χ1n) is 11.0. The van der Waals surface area contributed by atoms with Gasteiger partial charge in [0.25, 0.3) is 0 Å². The number of aromatic nitrogens is 4. The molecule has 0 saturated heterocycles. The monoisotopic (exact) mass is 431 g/mol. The van der Waals surface area contributed by atoms with Crippen LogP contribution in [0.5, 0.6) is 0 Å². The van der Waals surface area contributed by atoms with Gasteiger partial charge in [0.2, 0.25) is 0 Å². The second-order valence-electron chi connectivity index (χ2n) is 7.97. The molecule has 5 aromatic rings. The van der Waals surface area contributed by atoms with Crippen LogP contribution in [0.25, 0.3) is 11.1 Å². The fraction of sp³-hybridized carbons (Fsp3) is 0.107. The average Bonchev–Trinajstić information content (AvgIpc) is 3.34. The molecular weight excluding hydrogens is 406 g/mol. The molecule has 0 fully saturated rings. The number of anilines is 2. The van der Waals surface area contributed by atoms with Crippen LogP contribution in [-0.2, 0) is 6.54 Å².